The number of amides is 1. The highest BCUT2D eigenvalue weighted by atomic mass is 16.6. The maximum Gasteiger partial charge on any atom is 0.329 e. The van der Waals surface area contributed by atoms with Crippen LogP contribution in [0.25, 0.3) is 0 Å². The van der Waals surface area contributed by atoms with Gasteiger partial charge in [-0.3, -0.25) is 14.9 Å². The van der Waals surface area contributed by atoms with Crippen molar-refractivity contribution >= 4 is 23.4 Å². The van der Waals surface area contributed by atoms with E-state index >= 15 is 0 Å². The molecule has 3 N–H and O–H groups in total. The molecule has 1 aromatic rings. The number of nitrogens with zero attached hydrogens (tertiary/aromatic N) is 3. The summed E-state index contributed by atoms with van der Waals surface area (Å²) < 4.78 is 0. The van der Waals surface area contributed by atoms with Gasteiger partial charge in [-0.1, -0.05) is 0 Å². The summed E-state index contributed by atoms with van der Waals surface area (Å²) in [6.07, 6.45) is 1.10. The van der Waals surface area contributed by atoms with Gasteiger partial charge in [-0.25, -0.2) is 4.98 Å². The molecule has 0 aromatic carbocycles. The molecule has 9 heteroatoms. The largest absolute Gasteiger partial charge is 0.357 e. The van der Waals surface area contributed by atoms with E-state index in [0.717, 1.165) is 6.20 Å². The van der Waals surface area contributed by atoms with Gasteiger partial charge in [0, 0.05) is 13.6 Å². The molecule has 0 aliphatic rings. The SMILES string of the molecule is CCNc1ncc([N+](=O)[O-])c(NC(C)C(=O)NC)n1. The molecule has 0 saturated carbocycles. The monoisotopic (exact) mass is 268 g/mol. The van der Waals surface area contributed by atoms with Crippen LogP contribution in [-0.2, 0) is 4.79 Å². The second kappa shape index (κ2) is 6.47. The predicted molar refractivity (Wildman–Crippen MR) is 70.0 cm³/mol. The molecule has 1 aromatic heterocycles. The van der Waals surface area contributed by atoms with Crippen LogP contribution in [0.2, 0.25) is 0 Å². The van der Waals surface area contributed by atoms with Crippen molar-refractivity contribution in [1.82, 2.24) is 15.3 Å². The van der Waals surface area contributed by atoms with Gasteiger partial charge >= 0.3 is 5.69 Å². The number of nitrogens with one attached hydrogen (secondary N) is 3. The molecule has 19 heavy (non-hydrogen) atoms. The van der Waals surface area contributed by atoms with Crippen LogP contribution in [0.1, 0.15) is 13.8 Å². The lowest BCUT2D eigenvalue weighted by Crippen LogP contribution is -2.35. The number of rotatable bonds is 6. The fourth-order valence-electron chi connectivity index (χ4n) is 1.35. The smallest absolute Gasteiger partial charge is 0.329 e. The van der Waals surface area contributed by atoms with E-state index < -0.39 is 11.0 Å². The zero-order valence-corrected chi connectivity index (χ0v) is 10.9. The lowest BCUT2D eigenvalue weighted by atomic mass is 10.3. The maximum atomic E-state index is 11.4. The first-order chi connectivity index (χ1) is 8.99. The topological polar surface area (TPSA) is 122 Å². The van der Waals surface area contributed by atoms with Crippen LogP contribution in [0.15, 0.2) is 6.20 Å². The van der Waals surface area contributed by atoms with E-state index in [4.69, 9.17) is 0 Å². The number of likely N-dealkylation sites (N-methyl/N-ethyl adjacent to an activating group) is 1. The van der Waals surface area contributed by atoms with Gasteiger partial charge in [0.25, 0.3) is 0 Å². The summed E-state index contributed by atoms with van der Waals surface area (Å²) >= 11 is 0. The Hall–Kier alpha value is -2.45. The summed E-state index contributed by atoms with van der Waals surface area (Å²) in [4.78, 5) is 29.5. The summed E-state index contributed by atoms with van der Waals surface area (Å²) in [5, 5.41) is 18.9. The molecule has 1 rings (SSSR count). The molecule has 0 saturated heterocycles. The number of anilines is 2. The van der Waals surface area contributed by atoms with E-state index in [1.165, 1.54) is 7.05 Å². The number of hydrogen-bond donors (Lipinski definition) is 3. The minimum Gasteiger partial charge on any atom is -0.357 e. The lowest BCUT2D eigenvalue weighted by Gasteiger charge is -2.13. The Bertz CT molecular complexity index is 478. The minimum atomic E-state index is -0.645. The Morgan fingerprint density at radius 2 is 2.26 bits per heavy atom. The zero-order chi connectivity index (χ0) is 14.4. The van der Waals surface area contributed by atoms with Gasteiger partial charge in [0.1, 0.15) is 12.2 Å². The van der Waals surface area contributed by atoms with E-state index in [0.29, 0.717) is 6.54 Å². The molecule has 9 nitrogen and oxygen atoms in total. The molecule has 0 aliphatic carbocycles. The van der Waals surface area contributed by atoms with E-state index in [1.807, 2.05) is 6.92 Å². The molecular formula is C10H16N6O3. The van der Waals surface area contributed by atoms with Gasteiger partial charge < -0.3 is 16.0 Å². The van der Waals surface area contributed by atoms with E-state index in [9.17, 15) is 14.9 Å². The molecule has 104 valence electrons. The summed E-state index contributed by atoms with van der Waals surface area (Å²) in [6, 6.07) is -0.645. The van der Waals surface area contributed by atoms with Crippen molar-refractivity contribution < 1.29 is 9.72 Å². The van der Waals surface area contributed by atoms with E-state index in [1.54, 1.807) is 6.92 Å². The fourth-order valence-corrected chi connectivity index (χ4v) is 1.35. The number of nitro groups is 1. The molecule has 1 amide bonds. The highest BCUT2D eigenvalue weighted by Crippen LogP contribution is 2.22. The minimum absolute atomic E-state index is 0.00653. The van der Waals surface area contributed by atoms with Crippen molar-refractivity contribution in [3.63, 3.8) is 0 Å². The third kappa shape index (κ3) is 3.76. The highest BCUT2D eigenvalue weighted by molar-refractivity contribution is 5.84. The molecule has 0 radical (unpaired) electrons. The molecule has 1 unspecified atom stereocenters. The van der Waals surface area contributed by atoms with Crippen LogP contribution in [0, 0.1) is 10.1 Å². The third-order valence-electron chi connectivity index (χ3n) is 2.29. The average molecular weight is 268 g/mol. The van der Waals surface area contributed by atoms with Crippen LogP contribution in [0.5, 0.6) is 0 Å². The summed E-state index contributed by atoms with van der Waals surface area (Å²) in [5.74, 6) is -0.0235. The zero-order valence-electron chi connectivity index (χ0n) is 10.9. The molecule has 0 aliphatic heterocycles. The van der Waals surface area contributed by atoms with E-state index in [-0.39, 0.29) is 23.4 Å². The first kappa shape index (κ1) is 14.6. The van der Waals surface area contributed by atoms with Crippen LogP contribution in [-0.4, -0.2) is 40.4 Å². The van der Waals surface area contributed by atoms with Crippen LogP contribution in [0.3, 0.4) is 0 Å². The molecule has 0 bridgehead atoms. The number of hydrogen-bond acceptors (Lipinski definition) is 7. The standard InChI is InChI=1S/C10H16N6O3/c1-4-12-10-13-5-7(16(18)19)8(15-10)14-6(2)9(17)11-3/h5-6H,4H2,1-3H3,(H,11,17)(H2,12,13,14,15). The van der Waals surface area contributed by atoms with Crippen LogP contribution >= 0.6 is 0 Å². The predicted octanol–water partition coefficient (Wildman–Crippen LogP) is 0.363. The normalized spacial score (nSPS) is 11.5. The molecule has 0 spiro atoms. The second-order valence-corrected chi connectivity index (χ2v) is 3.70. The highest BCUT2D eigenvalue weighted by Gasteiger charge is 2.21. The summed E-state index contributed by atoms with van der Waals surface area (Å²) in [6.45, 7) is 4.02. The number of aromatic nitrogens is 2. The van der Waals surface area contributed by atoms with Gasteiger partial charge in [0.2, 0.25) is 17.7 Å². The molecule has 1 heterocycles. The second-order valence-electron chi connectivity index (χ2n) is 3.70. The van der Waals surface area contributed by atoms with Gasteiger partial charge in [-0.15, -0.1) is 0 Å². The summed E-state index contributed by atoms with van der Waals surface area (Å²) in [5.41, 5.74) is -0.280. The quantitative estimate of drug-likeness (QED) is 0.503. The third-order valence-corrected chi connectivity index (χ3v) is 2.29. The molecule has 0 fully saturated rings. The lowest BCUT2D eigenvalue weighted by molar-refractivity contribution is -0.384. The number of carbonyl (C=O) groups excluding carboxylic acids is 1. The van der Waals surface area contributed by atoms with Crippen molar-refractivity contribution in [3.05, 3.63) is 16.3 Å². The molecular weight excluding hydrogens is 252 g/mol. The van der Waals surface area contributed by atoms with Crippen LogP contribution < -0.4 is 16.0 Å². The van der Waals surface area contributed by atoms with Gasteiger partial charge in [0.05, 0.1) is 4.92 Å². The van der Waals surface area contributed by atoms with Crippen molar-refractivity contribution in [2.24, 2.45) is 0 Å². The van der Waals surface area contributed by atoms with E-state index in [2.05, 4.69) is 25.9 Å². The van der Waals surface area contributed by atoms with Gasteiger partial charge in [-0.2, -0.15) is 4.98 Å². The first-order valence-electron chi connectivity index (χ1n) is 5.73. The fraction of sp³-hybridized carbons (Fsp3) is 0.500. The van der Waals surface area contributed by atoms with Crippen molar-refractivity contribution in [1.29, 1.82) is 0 Å². The Kier molecular flexibility index (Phi) is 4.98. The van der Waals surface area contributed by atoms with Crippen LogP contribution in [0.4, 0.5) is 17.5 Å². The summed E-state index contributed by atoms with van der Waals surface area (Å²) in [7, 11) is 1.49. The Morgan fingerprint density at radius 3 is 2.79 bits per heavy atom. The van der Waals surface area contributed by atoms with Crippen molar-refractivity contribution in [2.75, 3.05) is 24.2 Å². The van der Waals surface area contributed by atoms with Crippen molar-refractivity contribution in [2.45, 2.75) is 19.9 Å². The van der Waals surface area contributed by atoms with Gasteiger partial charge in [0.15, 0.2) is 0 Å². The van der Waals surface area contributed by atoms with Gasteiger partial charge in [-0.05, 0) is 13.8 Å². The first-order valence-corrected chi connectivity index (χ1v) is 5.73. The average Bonchev–Trinajstić information content (AvgIpc) is 2.38. The Balaban J connectivity index is 3.03. The maximum absolute atomic E-state index is 11.4. The molecule has 1 atom stereocenters. The van der Waals surface area contributed by atoms with Crippen molar-refractivity contribution in [3.8, 4) is 0 Å². The Morgan fingerprint density at radius 1 is 1.58 bits per heavy atom. The number of carbonyl (C=O) groups is 1. The Labute approximate surface area is 110 Å².